The number of rotatable bonds is 9. The molecule has 4 aliphatic carbocycles. The SMILES string of the molecule is C/C(=N\OC(=O)N(CCO)CCNCCO)[C@H]1CC[C@H]2[C@@H]3CCC4=CC(=O)CC[C@]4(C)[C@H]3CC[C@]12C.Cl. The summed E-state index contributed by atoms with van der Waals surface area (Å²) in [5, 5.41) is 25.6. The highest BCUT2D eigenvalue weighted by atomic mass is 35.5. The zero-order valence-electron chi connectivity index (χ0n) is 22.7. The molecule has 0 bridgehead atoms. The van der Waals surface area contributed by atoms with Crippen LogP contribution in [0.2, 0.25) is 0 Å². The topological polar surface area (TPSA) is 111 Å². The number of carbonyl (C=O) groups excluding carboxylic acids is 2. The van der Waals surface area contributed by atoms with E-state index < -0.39 is 6.09 Å². The minimum absolute atomic E-state index is 0. The van der Waals surface area contributed by atoms with Gasteiger partial charge in [0.05, 0.1) is 18.9 Å². The van der Waals surface area contributed by atoms with Crippen molar-refractivity contribution in [3.8, 4) is 0 Å². The summed E-state index contributed by atoms with van der Waals surface area (Å²) in [6, 6.07) is 0. The van der Waals surface area contributed by atoms with Gasteiger partial charge in [0.2, 0.25) is 0 Å². The molecule has 1 amide bonds. The summed E-state index contributed by atoms with van der Waals surface area (Å²) >= 11 is 0. The molecule has 8 nitrogen and oxygen atoms in total. The smallest absolute Gasteiger partial charge is 0.395 e. The lowest BCUT2D eigenvalue weighted by molar-refractivity contribution is -0.117. The van der Waals surface area contributed by atoms with Gasteiger partial charge in [0.15, 0.2) is 5.78 Å². The van der Waals surface area contributed by atoms with Gasteiger partial charge < -0.3 is 20.4 Å². The molecule has 0 aromatic rings. The minimum Gasteiger partial charge on any atom is -0.395 e. The molecule has 4 aliphatic rings. The first-order valence-electron chi connectivity index (χ1n) is 13.9. The number of hydrogen-bond acceptors (Lipinski definition) is 7. The highest BCUT2D eigenvalue weighted by molar-refractivity contribution is 5.91. The zero-order valence-corrected chi connectivity index (χ0v) is 23.5. The van der Waals surface area contributed by atoms with Crippen molar-refractivity contribution in [2.75, 3.05) is 39.4 Å². The van der Waals surface area contributed by atoms with E-state index in [4.69, 9.17) is 9.94 Å². The molecule has 210 valence electrons. The first kappa shape index (κ1) is 30.1. The van der Waals surface area contributed by atoms with Crippen LogP contribution >= 0.6 is 12.4 Å². The van der Waals surface area contributed by atoms with Crippen molar-refractivity contribution < 1.29 is 24.6 Å². The number of nitrogens with one attached hydrogen (secondary N) is 1. The fraction of sp³-hybridized carbons (Fsp3) is 0.821. The van der Waals surface area contributed by atoms with E-state index in [0.29, 0.717) is 55.5 Å². The molecular weight excluding hydrogens is 494 g/mol. The number of oxime groups is 1. The van der Waals surface area contributed by atoms with Crippen LogP contribution in [0.4, 0.5) is 4.79 Å². The number of carbonyl (C=O) groups is 2. The Morgan fingerprint density at radius 3 is 2.59 bits per heavy atom. The third kappa shape index (κ3) is 5.92. The normalized spacial score (nSPS) is 35.0. The molecule has 0 aromatic heterocycles. The Bertz CT molecular complexity index is 895. The second kappa shape index (κ2) is 12.6. The molecule has 4 rings (SSSR count). The van der Waals surface area contributed by atoms with Gasteiger partial charge in [-0.2, -0.15) is 0 Å². The molecule has 0 saturated heterocycles. The number of fused-ring (bicyclic) bond motifs is 5. The number of nitrogens with zero attached hydrogens (tertiary/aromatic N) is 2. The van der Waals surface area contributed by atoms with Gasteiger partial charge in [0.1, 0.15) is 0 Å². The predicted octanol–water partition coefficient (Wildman–Crippen LogP) is 3.95. The first-order valence-corrected chi connectivity index (χ1v) is 13.9. The average molecular weight is 540 g/mol. The largest absolute Gasteiger partial charge is 0.436 e. The Balaban J connectivity index is 0.00000380. The molecule has 9 heteroatoms. The van der Waals surface area contributed by atoms with Crippen LogP contribution in [-0.4, -0.2) is 72.1 Å². The maximum Gasteiger partial charge on any atom is 0.436 e. The molecule has 3 saturated carbocycles. The summed E-state index contributed by atoms with van der Waals surface area (Å²) in [5.41, 5.74) is 2.63. The molecule has 0 radical (unpaired) electrons. The van der Waals surface area contributed by atoms with Gasteiger partial charge in [0.25, 0.3) is 0 Å². The molecule has 0 aromatic carbocycles. The molecule has 3 N–H and O–H groups in total. The van der Waals surface area contributed by atoms with Gasteiger partial charge in [-0.1, -0.05) is 24.6 Å². The van der Waals surface area contributed by atoms with E-state index in [-0.39, 0.29) is 43.0 Å². The highest BCUT2D eigenvalue weighted by Crippen LogP contribution is 2.66. The Kier molecular flexibility index (Phi) is 10.2. The molecule has 0 aliphatic heterocycles. The quantitative estimate of drug-likeness (QED) is 0.177. The molecule has 0 unspecified atom stereocenters. The monoisotopic (exact) mass is 539 g/mol. The number of aliphatic hydroxyl groups is 2. The number of aliphatic hydroxyl groups excluding tert-OH is 2. The van der Waals surface area contributed by atoms with Crippen molar-refractivity contribution in [3.05, 3.63) is 11.6 Å². The van der Waals surface area contributed by atoms with E-state index in [1.54, 1.807) is 0 Å². The lowest BCUT2D eigenvalue weighted by atomic mass is 9.46. The predicted molar refractivity (Wildman–Crippen MR) is 146 cm³/mol. The number of halogens is 1. The first-order chi connectivity index (χ1) is 17.2. The number of allylic oxidation sites excluding steroid dienone is 1. The minimum atomic E-state index is -0.552. The highest BCUT2D eigenvalue weighted by Gasteiger charge is 2.59. The maximum atomic E-state index is 12.6. The van der Waals surface area contributed by atoms with Crippen molar-refractivity contribution in [2.45, 2.75) is 72.1 Å². The molecule has 3 fully saturated rings. The van der Waals surface area contributed by atoms with E-state index in [1.807, 2.05) is 13.0 Å². The second-order valence-electron chi connectivity index (χ2n) is 11.9. The zero-order chi connectivity index (χ0) is 25.9. The van der Waals surface area contributed by atoms with Crippen molar-refractivity contribution in [1.82, 2.24) is 10.2 Å². The summed E-state index contributed by atoms with van der Waals surface area (Å²) < 4.78 is 0. The van der Waals surface area contributed by atoms with Crippen molar-refractivity contribution in [3.63, 3.8) is 0 Å². The van der Waals surface area contributed by atoms with Crippen LogP contribution < -0.4 is 5.32 Å². The average Bonchev–Trinajstić information content (AvgIpc) is 3.22. The Morgan fingerprint density at radius 2 is 1.86 bits per heavy atom. The van der Waals surface area contributed by atoms with Gasteiger partial charge in [-0.15, -0.1) is 12.4 Å². The third-order valence-electron chi connectivity index (χ3n) is 10.2. The summed E-state index contributed by atoms with van der Waals surface area (Å²) in [6.07, 6.45) is 9.94. The molecule has 0 heterocycles. The van der Waals surface area contributed by atoms with Crippen molar-refractivity contribution in [2.24, 2.45) is 39.7 Å². The molecule has 6 atom stereocenters. The number of hydrogen-bond donors (Lipinski definition) is 3. The van der Waals surface area contributed by atoms with Crippen molar-refractivity contribution >= 4 is 30.0 Å². The molecule has 37 heavy (non-hydrogen) atoms. The second-order valence-corrected chi connectivity index (χ2v) is 11.9. The number of ketones is 1. The van der Waals surface area contributed by atoms with Crippen LogP contribution in [0.15, 0.2) is 16.8 Å². The van der Waals surface area contributed by atoms with Crippen LogP contribution in [0.3, 0.4) is 0 Å². The van der Waals surface area contributed by atoms with Gasteiger partial charge in [-0.25, -0.2) is 4.79 Å². The summed E-state index contributed by atoms with van der Waals surface area (Å²) in [6.45, 7) is 8.25. The van der Waals surface area contributed by atoms with Crippen LogP contribution in [0, 0.1) is 34.5 Å². The summed E-state index contributed by atoms with van der Waals surface area (Å²) in [7, 11) is 0. The van der Waals surface area contributed by atoms with Gasteiger partial charge in [-0.05, 0) is 86.5 Å². The Labute approximate surface area is 227 Å². The fourth-order valence-electron chi connectivity index (χ4n) is 8.31. The van der Waals surface area contributed by atoms with Crippen LogP contribution in [0.5, 0.6) is 0 Å². The lowest BCUT2D eigenvalue weighted by Gasteiger charge is -2.58. The Hall–Kier alpha value is -1.48. The van der Waals surface area contributed by atoms with E-state index in [0.717, 1.165) is 31.4 Å². The Morgan fingerprint density at radius 1 is 1.08 bits per heavy atom. The maximum absolute atomic E-state index is 12.6. The lowest BCUT2D eigenvalue weighted by Crippen LogP contribution is -2.51. The third-order valence-corrected chi connectivity index (χ3v) is 10.2. The van der Waals surface area contributed by atoms with Gasteiger partial charge in [0, 0.05) is 38.5 Å². The van der Waals surface area contributed by atoms with E-state index in [1.165, 1.54) is 29.7 Å². The van der Waals surface area contributed by atoms with E-state index in [9.17, 15) is 14.7 Å². The number of amides is 1. The van der Waals surface area contributed by atoms with Gasteiger partial charge in [-0.3, -0.25) is 9.63 Å². The van der Waals surface area contributed by atoms with Crippen molar-refractivity contribution in [1.29, 1.82) is 0 Å². The van der Waals surface area contributed by atoms with E-state index in [2.05, 4.69) is 24.3 Å². The summed E-state index contributed by atoms with van der Waals surface area (Å²) in [4.78, 5) is 31.5. The standard InChI is InChI=1S/C28H45N3O5.ClH/c1-19(30-36-26(35)31(15-17-33)14-12-29-13-16-32)23-6-7-24-22-5-4-20-18-21(34)8-10-27(20,2)25(22)9-11-28(23,24)3;/h18,22-25,29,32-33H,4-17H2,1-3H3;1H/b30-19+;/t22-,23+,24-,25-,27-,28+;/m0./s1. The van der Waals surface area contributed by atoms with Crippen LogP contribution in [0.1, 0.15) is 72.1 Å². The molecule has 0 spiro atoms. The van der Waals surface area contributed by atoms with E-state index >= 15 is 0 Å². The fourth-order valence-corrected chi connectivity index (χ4v) is 8.31. The van der Waals surface area contributed by atoms with Crippen LogP contribution in [-0.2, 0) is 9.63 Å². The van der Waals surface area contributed by atoms with Gasteiger partial charge >= 0.3 is 6.09 Å². The molecular formula is C28H46ClN3O5. The summed E-state index contributed by atoms with van der Waals surface area (Å²) in [5.74, 6) is 2.59. The van der Waals surface area contributed by atoms with Crippen LogP contribution in [0.25, 0.3) is 0 Å².